The molecule has 138 valence electrons. The second-order valence-electron chi connectivity index (χ2n) is 5.60. The van der Waals surface area contributed by atoms with E-state index in [1.165, 1.54) is 11.3 Å². The molecule has 6 nitrogen and oxygen atoms in total. The van der Waals surface area contributed by atoms with Crippen molar-refractivity contribution in [3.05, 3.63) is 75.8 Å². The normalized spacial score (nSPS) is 10.9. The Bertz CT molecular complexity index is 941. The molecule has 0 saturated heterocycles. The number of anilines is 1. The molecule has 3 rings (SSSR count). The van der Waals surface area contributed by atoms with Gasteiger partial charge in [-0.05, 0) is 35.9 Å². The molecule has 0 fully saturated rings. The maximum absolute atomic E-state index is 11.8. The van der Waals surface area contributed by atoms with Crippen LogP contribution in [-0.2, 0) is 17.8 Å². The van der Waals surface area contributed by atoms with Crippen molar-refractivity contribution in [1.82, 2.24) is 10.4 Å². The minimum absolute atomic E-state index is 0.139. The second kappa shape index (κ2) is 9.16. The first kappa shape index (κ1) is 18.9. The van der Waals surface area contributed by atoms with Crippen molar-refractivity contribution < 1.29 is 9.53 Å². The van der Waals surface area contributed by atoms with Gasteiger partial charge in [-0.25, -0.2) is 10.4 Å². The quantitative estimate of drug-likeness (QED) is 0.468. The molecular weight excluding hydrogens is 384 g/mol. The van der Waals surface area contributed by atoms with Gasteiger partial charge in [0.1, 0.15) is 12.4 Å². The molecule has 0 unspecified atom stereocenters. The Morgan fingerprint density at radius 3 is 2.74 bits per heavy atom. The van der Waals surface area contributed by atoms with Gasteiger partial charge in [-0.1, -0.05) is 29.8 Å². The number of thiazole rings is 1. The molecule has 1 amide bonds. The second-order valence-corrected chi connectivity index (χ2v) is 6.89. The first-order chi connectivity index (χ1) is 13.1. The van der Waals surface area contributed by atoms with Crippen molar-refractivity contribution in [3.8, 4) is 5.75 Å². The molecule has 0 aliphatic carbocycles. The number of hydrogen-bond donors (Lipinski definition) is 2. The highest BCUT2D eigenvalue weighted by molar-refractivity contribution is 7.13. The fraction of sp³-hybridized carbons (Fsp3) is 0.105. The number of carbonyl (C=O) groups is 1. The summed E-state index contributed by atoms with van der Waals surface area (Å²) in [6, 6.07) is 14.9. The van der Waals surface area contributed by atoms with Gasteiger partial charge in [0.2, 0.25) is 5.91 Å². The van der Waals surface area contributed by atoms with Crippen molar-refractivity contribution in [2.75, 3.05) is 5.73 Å². The number of amides is 1. The third-order valence-electron chi connectivity index (χ3n) is 3.55. The van der Waals surface area contributed by atoms with E-state index < -0.39 is 0 Å². The third-order valence-corrected chi connectivity index (χ3v) is 4.64. The Balaban J connectivity index is 1.47. The van der Waals surface area contributed by atoms with Crippen LogP contribution in [-0.4, -0.2) is 17.1 Å². The molecule has 0 aliphatic heterocycles. The standard InChI is InChI=1S/C19H17ClN4O2S/c20-17-4-2-1-3-14(17)11-26-16-7-5-13(6-8-16)10-22-24-18(25)9-15-12-27-19(21)23-15/h1-8,10,12H,9,11H2,(H2,21,23)(H,24,25)/b22-10+. The smallest absolute Gasteiger partial charge is 0.246 e. The first-order valence-corrected chi connectivity index (χ1v) is 9.34. The average Bonchev–Trinajstić information content (AvgIpc) is 3.07. The molecule has 0 aliphatic rings. The van der Waals surface area contributed by atoms with E-state index in [2.05, 4.69) is 15.5 Å². The molecule has 3 N–H and O–H groups in total. The molecular formula is C19H17ClN4O2S. The van der Waals surface area contributed by atoms with Crippen LogP contribution in [0, 0.1) is 0 Å². The van der Waals surface area contributed by atoms with Crippen LogP contribution in [0.1, 0.15) is 16.8 Å². The van der Waals surface area contributed by atoms with E-state index in [1.807, 2.05) is 48.5 Å². The number of hydrogen-bond acceptors (Lipinski definition) is 6. The van der Waals surface area contributed by atoms with Gasteiger partial charge < -0.3 is 10.5 Å². The number of benzene rings is 2. The zero-order valence-corrected chi connectivity index (χ0v) is 15.8. The number of halogens is 1. The number of nitrogens with one attached hydrogen (secondary N) is 1. The van der Waals surface area contributed by atoms with Crippen LogP contribution >= 0.6 is 22.9 Å². The van der Waals surface area contributed by atoms with Gasteiger partial charge in [0, 0.05) is 16.0 Å². The van der Waals surface area contributed by atoms with Crippen LogP contribution in [0.2, 0.25) is 5.02 Å². The van der Waals surface area contributed by atoms with Crippen molar-refractivity contribution in [2.45, 2.75) is 13.0 Å². The lowest BCUT2D eigenvalue weighted by atomic mass is 10.2. The number of rotatable bonds is 7. The molecule has 2 aromatic carbocycles. The van der Waals surface area contributed by atoms with E-state index >= 15 is 0 Å². The van der Waals surface area contributed by atoms with Crippen LogP contribution < -0.4 is 15.9 Å². The summed E-state index contributed by atoms with van der Waals surface area (Å²) < 4.78 is 5.72. The summed E-state index contributed by atoms with van der Waals surface area (Å²) in [5.74, 6) is 0.466. The van der Waals surface area contributed by atoms with Gasteiger partial charge >= 0.3 is 0 Å². The number of aromatic nitrogens is 1. The fourth-order valence-electron chi connectivity index (χ4n) is 2.21. The molecule has 1 heterocycles. The number of nitrogens with two attached hydrogens (primary N) is 1. The van der Waals surface area contributed by atoms with Crippen LogP contribution in [0.25, 0.3) is 0 Å². The minimum atomic E-state index is -0.253. The lowest BCUT2D eigenvalue weighted by molar-refractivity contribution is -0.120. The highest BCUT2D eigenvalue weighted by Gasteiger charge is 2.05. The number of hydrazone groups is 1. The van der Waals surface area contributed by atoms with Crippen molar-refractivity contribution in [2.24, 2.45) is 5.10 Å². The summed E-state index contributed by atoms with van der Waals surface area (Å²) in [6.07, 6.45) is 1.70. The minimum Gasteiger partial charge on any atom is -0.489 e. The largest absolute Gasteiger partial charge is 0.489 e. The summed E-state index contributed by atoms with van der Waals surface area (Å²) >= 11 is 7.41. The predicted octanol–water partition coefficient (Wildman–Crippen LogP) is 3.65. The molecule has 0 bridgehead atoms. The van der Waals surface area contributed by atoms with Gasteiger partial charge in [-0.2, -0.15) is 5.10 Å². The Morgan fingerprint density at radius 1 is 1.26 bits per heavy atom. The maximum atomic E-state index is 11.8. The Kier molecular flexibility index (Phi) is 6.40. The topological polar surface area (TPSA) is 89.6 Å². The summed E-state index contributed by atoms with van der Waals surface area (Å²) in [5, 5.41) is 6.81. The zero-order chi connectivity index (χ0) is 19.1. The summed E-state index contributed by atoms with van der Waals surface area (Å²) in [4.78, 5) is 15.8. The highest BCUT2D eigenvalue weighted by atomic mass is 35.5. The summed E-state index contributed by atoms with van der Waals surface area (Å²) in [5.41, 5.74) is 10.4. The summed E-state index contributed by atoms with van der Waals surface area (Å²) in [7, 11) is 0. The van der Waals surface area contributed by atoms with E-state index in [-0.39, 0.29) is 12.3 Å². The predicted molar refractivity (Wildman–Crippen MR) is 108 cm³/mol. The van der Waals surface area contributed by atoms with E-state index in [0.717, 1.165) is 16.9 Å². The molecule has 0 radical (unpaired) electrons. The number of ether oxygens (including phenoxy) is 1. The molecule has 1 aromatic heterocycles. The van der Waals surface area contributed by atoms with Crippen LogP contribution in [0.3, 0.4) is 0 Å². The van der Waals surface area contributed by atoms with Crippen LogP contribution in [0.5, 0.6) is 5.75 Å². The van der Waals surface area contributed by atoms with E-state index in [4.69, 9.17) is 22.1 Å². The number of nitrogens with zero attached hydrogens (tertiary/aromatic N) is 2. The molecule has 3 aromatic rings. The van der Waals surface area contributed by atoms with Gasteiger partial charge in [0.05, 0.1) is 18.3 Å². The maximum Gasteiger partial charge on any atom is 0.246 e. The third kappa shape index (κ3) is 5.80. The fourth-order valence-corrected chi connectivity index (χ4v) is 2.97. The number of nitrogen functional groups attached to an aromatic ring is 1. The van der Waals surface area contributed by atoms with Gasteiger partial charge in [-0.15, -0.1) is 11.3 Å². The van der Waals surface area contributed by atoms with Gasteiger partial charge in [0.25, 0.3) is 0 Å². The Labute approximate surface area is 165 Å². The zero-order valence-electron chi connectivity index (χ0n) is 14.3. The lowest BCUT2D eigenvalue weighted by Crippen LogP contribution is -2.19. The molecule has 8 heteroatoms. The summed E-state index contributed by atoms with van der Waals surface area (Å²) in [6.45, 7) is 0.393. The van der Waals surface area contributed by atoms with Crippen LogP contribution in [0.4, 0.5) is 5.13 Å². The van der Waals surface area contributed by atoms with Crippen molar-refractivity contribution in [3.63, 3.8) is 0 Å². The molecule has 0 atom stereocenters. The van der Waals surface area contributed by atoms with E-state index in [9.17, 15) is 4.79 Å². The van der Waals surface area contributed by atoms with Gasteiger partial charge in [0.15, 0.2) is 5.13 Å². The Hall–Kier alpha value is -2.90. The average molecular weight is 401 g/mol. The van der Waals surface area contributed by atoms with E-state index in [0.29, 0.717) is 22.5 Å². The molecule has 27 heavy (non-hydrogen) atoms. The van der Waals surface area contributed by atoms with Crippen molar-refractivity contribution >= 4 is 40.2 Å². The number of carbonyl (C=O) groups excluding carboxylic acids is 1. The first-order valence-electron chi connectivity index (χ1n) is 8.08. The molecule has 0 spiro atoms. The van der Waals surface area contributed by atoms with Crippen molar-refractivity contribution in [1.29, 1.82) is 0 Å². The Morgan fingerprint density at radius 2 is 2.04 bits per heavy atom. The highest BCUT2D eigenvalue weighted by Crippen LogP contribution is 2.18. The van der Waals surface area contributed by atoms with Crippen LogP contribution in [0.15, 0.2) is 59.0 Å². The van der Waals surface area contributed by atoms with E-state index in [1.54, 1.807) is 11.6 Å². The molecule has 0 saturated carbocycles. The van der Waals surface area contributed by atoms with Gasteiger partial charge in [-0.3, -0.25) is 4.79 Å². The monoisotopic (exact) mass is 400 g/mol. The SMILES string of the molecule is Nc1nc(CC(=O)N/N=C/c2ccc(OCc3ccccc3Cl)cc2)cs1. The lowest BCUT2D eigenvalue weighted by Gasteiger charge is -2.07.